The molecule has 2 atom stereocenters. The number of rotatable bonds is 1. The van der Waals surface area contributed by atoms with E-state index >= 15 is 0 Å². The Morgan fingerprint density at radius 2 is 2.20 bits per heavy atom. The van der Waals surface area contributed by atoms with E-state index in [1.807, 2.05) is 0 Å². The summed E-state index contributed by atoms with van der Waals surface area (Å²) in [4.78, 5) is 0. The van der Waals surface area contributed by atoms with Crippen molar-refractivity contribution in [3.05, 3.63) is 34.9 Å². The minimum absolute atomic E-state index is 0. The van der Waals surface area contributed by atoms with Crippen molar-refractivity contribution in [2.75, 3.05) is 0 Å². The molecule has 2 unspecified atom stereocenters. The molecule has 0 fully saturated rings. The van der Waals surface area contributed by atoms with Gasteiger partial charge in [-0.05, 0) is 24.5 Å². The summed E-state index contributed by atoms with van der Waals surface area (Å²) in [6, 6.07) is 6.46. The van der Waals surface area contributed by atoms with Gasteiger partial charge in [0.15, 0.2) is 0 Å². The molecule has 0 spiro atoms. The van der Waals surface area contributed by atoms with Gasteiger partial charge in [0.2, 0.25) is 0 Å². The molecule has 84 valence electrons. The van der Waals surface area contributed by atoms with Gasteiger partial charge in [0.1, 0.15) is 0 Å². The van der Waals surface area contributed by atoms with Gasteiger partial charge in [0, 0.05) is 0 Å². The van der Waals surface area contributed by atoms with Crippen LogP contribution in [0.25, 0.3) is 0 Å². The van der Waals surface area contributed by atoms with Gasteiger partial charge in [0.25, 0.3) is 0 Å². The smallest absolute Gasteiger partial charge is 0.0769 e. The largest absolute Gasteiger partial charge is 0.372 e. The fraction of sp³-hybridized carbons (Fsp3) is 0.500. The Morgan fingerprint density at radius 3 is 2.87 bits per heavy atom. The summed E-state index contributed by atoms with van der Waals surface area (Å²) in [6.45, 7) is 4.93. The molecule has 3 heteroatoms. The summed E-state index contributed by atoms with van der Waals surface area (Å²) < 4.78 is 5.68. The second kappa shape index (κ2) is 4.97. The third kappa shape index (κ3) is 2.33. The second-order valence-electron chi connectivity index (χ2n) is 3.99. The summed E-state index contributed by atoms with van der Waals surface area (Å²) in [6.07, 6.45) is 1.17. The van der Waals surface area contributed by atoms with Crippen molar-refractivity contribution in [3.63, 3.8) is 0 Å². The molecule has 0 radical (unpaired) electrons. The molecule has 0 saturated carbocycles. The van der Waals surface area contributed by atoms with Crippen molar-refractivity contribution in [2.24, 2.45) is 5.73 Å². The van der Waals surface area contributed by atoms with Crippen molar-refractivity contribution in [2.45, 2.75) is 39.0 Å². The van der Waals surface area contributed by atoms with Crippen molar-refractivity contribution in [3.8, 4) is 0 Å². The topological polar surface area (TPSA) is 35.2 Å². The van der Waals surface area contributed by atoms with Gasteiger partial charge >= 0.3 is 0 Å². The molecule has 1 aliphatic rings. The lowest BCUT2D eigenvalue weighted by Crippen LogP contribution is -2.33. The SMILES string of the molecule is CCC1OCc2ccc(C)cc2C1N.Cl. The molecule has 2 rings (SSSR count). The van der Waals surface area contributed by atoms with E-state index < -0.39 is 0 Å². The predicted molar refractivity (Wildman–Crippen MR) is 64.2 cm³/mol. The summed E-state index contributed by atoms with van der Waals surface area (Å²) >= 11 is 0. The molecule has 1 aromatic carbocycles. The molecule has 1 aliphatic heterocycles. The van der Waals surface area contributed by atoms with E-state index in [1.165, 1.54) is 16.7 Å². The number of aryl methyl sites for hydroxylation is 1. The molecular weight excluding hydrogens is 210 g/mol. The van der Waals surface area contributed by atoms with Crippen LogP contribution >= 0.6 is 12.4 Å². The number of benzene rings is 1. The van der Waals surface area contributed by atoms with Gasteiger partial charge < -0.3 is 10.5 Å². The maximum atomic E-state index is 6.14. The van der Waals surface area contributed by atoms with Crippen molar-refractivity contribution in [1.82, 2.24) is 0 Å². The minimum Gasteiger partial charge on any atom is -0.372 e. The molecular formula is C12H18ClNO. The van der Waals surface area contributed by atoms with Gasteiger partial charge in [0.05, 0.1) is 18.8 Å². The maximum Gasteiger partial charge on any atom is 0.0769 e. The van der Waals surface area contributed by atoms with Gasteiger partial charge in [-0.1, -0.05) is 30.7 Å². The number of fused-ring (bicyclic) bond motifs is 1. The van der Waals surface area contributed by atoms with Crippen LogP contribution in [0, 0.1) is 6.92 Å². The average molecular weight is 228 g/mol. The van der Waals surface area contributed by atoms with E-state index in [1.54, 1.807) is 0 Å². The van der Waals surface area contributed by atoms with Gasteiger partial charge in [-0.15, -0.1) is 12.4 Å². The number of hydrogen-bond acceptors (Lipinski definition) is 2. The molecule has 1 aromatic rings. The monoisotopic (exact) mass is 227 g/mol. The van der Waals surface area contributed by atoms with Crippen LogP contribution < -0.4 is 5.73 Å². The average Bonchev–Trinajstić information content (AvgIpc) is 2.20. The highest BCUT2D eigenvalue weighted by Crippen LogP contribution is 2.29. The molecule has 0 aliphatic carbocycles. The highest BCUT2D eigenvalue weighted by Gasteiger charge is 2.25. The van der Waals surface area contributed by atoms with Crippen LogP contribution in [0.4, 0.5) is 0 Å². The minimum atomic E-state index is 0. The van der Waals surface area contributed by atoms with Crippen LogP contribution in [0.1, 0.15) is 36.1 Å². The van der Waals surface area contributed by atoms with Crippen LogP contribution in [-0.2, 0) is 11.3 Å². The Balaban J connectivity index is 0.00000112. The lowest BCUT2D eigenvalue weighted by Gasteiger charge is -2.30. The Bertz CT molecular complexity index is 340. The fourth-order valence-corrected chi connectivity index (χ4v) is 2.03. The van der Waals surface area contributed by atoms with E-state index in [9.17, 15) is 0 Å². The molecule has 0 saturated heterocycles. The summed E-state index contributed by atoms with van der Waals surface area (Å²) in [5.41, 5.74) is 9.93. The lowest BCUT2D eigenvalue weighted by molar-refractivity contribution is 0.00678. The maximum absolute atomic E-state index is 6.14. The van der Waals surface area contributed by atoms with Crippen molar-refractivity contribution >= 4 is 12.4 Å². The van der Waals surface area contributed by atoms with Gasteiger partial charge in [-0.2, -0.15) is 0 Å². The Labute approximate surface area is 97.2 Å². The van der Waals surface area contributed by atoms with E-state index in [2.05, 4.69) is 32.0 Å². The quantitative estimate of drug-likeness (QED) is 0.801. The highest BCUT2D eigenvalue weighted by atomic mass is 35.5. The van der Waals surface area contributed by atoms with Crippen LogP contribution in [0.3, 0.4) is 0 Å². The molecule has 0 bridgehead atoms. The zero-order valence-corrected chi connectivity index (χ0v) is 10.0. The van der Waals surface area contributed by atoms with Crippen molar-refractivity contribution < 1.29 is 4.74 Å². The highest BCUT2D eigenvalue weighted by molar-refractivity contribution is 5.85. The molecule has 1 heterocycles. The predicted octanol–water partition coefficient (Wildman–Crippen LogP) is 2.73. The summed E-state index contributed by atoms with van der Waals surface area (Å²) in [5.74, 6) is 0. The van der Waals surface area contributed by atoms with Crippen LogP contribution in [0.5, 0.6) is 0 Å². The Kier molecular flexibility index (Phi) is 4.14. The number of ether oxygens (including phenoxy) is 1. The Morgan fingerprint density at radius 1 is 1.47 bits per heavy atom. The molecule has 0 amide bonds. The molecule has 0 aromatic heterocycles. The summed E-state index contributed by atoms with van der Waals surface area (Å²) in [5, 5.41) is 0. The number of halogens is 1. The first-order valence-electron chi connectivity index (χ1n) is 5.19. The normalized spacial score (nSPS) is 24.2. The van der Waals surface area contributed by atoms with Gasteiger partial charge in [-0.25, -0.2) is 0 Å². The van der Waals surface area contributed by atoms with Crippen LogP contribution in [-0.4, -0.2) is 6.10 Å². The van der Waals surface area contributed by atoms with E-state index in [4.69, 9.17) is 10.5 Å². The molecule has 15 heavy (non-hydrogen) atoms. The number of hydrogen-bond donors (Lipinski definition) is 1. The van der Waals surface area contributed by atoms with E-state index in [-0.39, 0.29) is 24.6 Å². The standard InChI is InChI=1S/C12H17NO.ClH/c1-3-11-12(13)10-6-8(2)4-5-9(10)7-14-11;/h4-6,11-12H,3,7,13H2,1-2H3;1H. The number of nitrogens with two attached hydrogens (primary N) is 1. The van der Waals surface area contributed by atoms with Crippen LogP contribution in [0.15, 0.2) is 18.2 Å². The fourth-order valence-electron chi connectivity index (χ4n) is 2.03. The zero-order valence-electron chi connectivity index (χ0n) is 9.19. The zero-order chi connectivity index (χ0) is 10.1. The Hall–Kier alpha value is -0.570. The van der Waals surface area contributed by atoms with Crippen LogP contribution in [0.2, 0.25) is 0 Å². The lowest BCUT2D eigenvalue weighted by atomic mass is 9.92. The van der Waals surface area contributed by atoms with Crippen molar-refractivity contribution in [1.29, 1.82) is 0 Å². The first-order valence-corrected chi connectivity index (χ1v) is 5.19. The third-order valence-electron chi connectivity index (χ3n) is 2.92. The first kappa shape index (κ1) is 12.5. The van der Waals surface area contributed by atoms with E-state index in [0.717, 1.165) is 6.42 Å². The first-order chi connectivity index (χ1) is 6.72. The van der Waals surface area contributed by atoms with Gasteiger partial charge in [-0.3, -0.25) is 0 Å². The summed E-state index contributed by atoms with van der Waals surface area (Å²) in [7, 11) is 0. The van der Waals surface area contributed by atoms with E-state index in [0.29, 0.717) is 6.61 Å². The molecule has 2 nitrogen and oxygen atoms in total. The second-order valence-corrected chi connectivity index (χ2v) is 3.99. The third-order valence-corrected chi connectivity index (χ3v) is 2.92. The molecule has 2 N–H and O–H groups in total.